The second-order valence-electron chi connectivity index (χ2n) is 9.68. The van der Waals surface area contributed by atoms with Gasteiger partial charge >= 0.3 is 0 Å². The third kappa shape index (κ3) is 4.24. The number of rotatable bonds is 5. The summed E-state index contributed by atoms with van der Waals surface area (Å²) in [4.78, 5) is 44.7. The SMILES string of the molecule is C[C@H]1CC[C@H](C(NC(=O)c2cccc(-n3ccnc3)c2)C(=O)N2C[C@@H](F)[C@H]3OCC(=O)[C@H]32)CC1. The first-order valence-corrected chi connectivity index (χ1v) is 11.9. The fourth-order valence-electron chi connectivity index (χ4n) is 5.45. The number of benzene rings is 1. The molecule has 2 aromatic rings. The van der Waals surface area contributed by atoms with Gasteiger partial charge in [-0.15, -0.1) is 0 Å². The number of alkyl halides is 1. The number of aromatic nitrogens is 2. The standard InChI is InChI=1S/C25H29FN4O4/c1-15-5-7-16(8-6-15)21(25(33)30-12-19(26)23-22(30)20(31)13-34-23)28-24(32)17-3-2-4-18(11-17)29-10-9-27-14-29/h2-4,9-11,14-16,19,21-23H,5-8,12-13H2,1H3,(H,28,32)/t15-,16-,19-,21?,22-,23-/m1/s1. The number of hydrogen-bond acceptors (Lipinski definition) is 5. The Kier molecular flexibility index (Phi) is 6.20. The molecule has 2 aliphatic heterocycles. The third-order valence-corrected chi connectivity index (χ3v) is 7.40. The van der Waals surface area contributed by atoms with E-state index in [1.807, 2.05) is 6.07 Å². The highest BCUT2D eigenvalue weighted by Crippen LogP contribution is 2.34. The molecule has 1 N–H and O–H groups in total. The molecule has 8 nitrogen and oxygen atoms in total. The van der Waals surface area contributed by atoms with Gasteiger partial charge in [0, 0.05) is 23.6 Å². The van der Waals surface area contributed by atoms with Gasteiger partial charge in [0.2, 0.25) is 5.91 Å². The average Bonchev–Trinajstić information content (AvgIpc) is 3.58. The van der Waals surface area contributed by atoms with Crippen molar-refractivity contribution < 1.29 is 23.5 Å². The lowest BCUT2D eigenvalue weighted by molar-refractivity contribution is -0.139. The molecule has 1 unspecified atom stereocenters. The second kappa shape index (κ2) is 9.29. The summed E-state index contributed by atoms with van der Waals surface area (Å²) in [6, 6.07) is 5.33. The van der Waals surface area contributed by atoms with Gasteiger partial charge < -0.3 is 19.5 Å². The van der Waals surface area contributed by atoms with Crippen LogP contribution in [0.25, 0.3) is 5.69 Å². The van der Waals surface area contributed by atoms with E-state index in [2.05, 4.69) is 17.2 Å². The number of nitrogens with zero attached hydrogens (tertiary/aromatic N) is 3. The Morgan fingerprint density at radius 3 is 2.76 bits per heavy atom. The minimum Gasteiger partial charge on any atom is -0.365 e. The lowest BCUT2D eigenvalue weighted by Gasteiger charge is -2.35. The summed E-state index contributed by atoms with van der Waals surface area (Å²) in [5.41, 5.74) is 1.19. The van der Waals surface area contributed by atoms with Gasteiger partial charge in [-0.2, -0.15) is 0 Å². The van der Waals surface area contributed by atoms with E-state index in [1.54, 1.807) is 41.5 Å². The van der Waals surface area contributed by atoms with Crippen LogP contribution >= 0.6 is 0 Å². The van der Waals surface area contributed by atoms with Crippen LogP contribution < -0.4 is 5.32 Å². The molecule has 1 saturated carbocycles. The van der Waals surface area contributed by atoms with Crippen molar-refractivity contribution in [3.8, 4) is 5.69 Å². The van der Waals surface area contributed by atoms with Gasteiger partial charge in [-0.05, 0) is 42.9 Å². The van der Waals surface area contributed by atoms with E-state index in [0.717, 1.165) is 31.4 Å². The van der Waals surface area contributed by atoms with Crippen molar-refractivity contribution in [3.05, 3.63) is 48.5 Å². The van der Waals surface area contributed by atoms with Crippen LogP contribution in [0.3, 0.4) is 0 Å². The van der Waals surface area contributed by atoms with E-state index in [0.29, 0.717) is 11.5 Å². The van der Waals surface area contributed by atoms with Crippen LogP contribution in [0.5, 0.6) is 0 Å². The molecule has 2 saturated heterocycles. The predicted octanol–water partition coefficient (Wildman–Crippen LogP) is 2.31. The van der Waals surface area contributed by atoms with Gasteiger partial charge in [0.05, 0.1) is 12.9 Å². The molecule has 1 aromatic carbocycles. The number of fused-ring (bicyclic) bond motifs is 1. The summed E-state index contributed by atoms with van der Waals surface area (Å²) in [7, 11) is 0. The van der Waals surface area contributed by atoms with E-state index >= 15 is 0 Å². The normalized spacial score (nSPS) is 29.6. The molecule has 0 bridgehead atoms. The molecule has 4 atom stereocenters. The van der Waals surface area contributed by atoms with Crippen LogP contribution in [0.15, 0.2) is 43.0 Å². The molecule has 1 aliphatic carbocycles. The quantitative estimate of drug-likeness (QED) is 0.727. The summed E-state index contributed by atoms with van der Waals surface area (Å²) in [5, 5.41) is 2.95. The summed E-state index contributed by atoms with van der Waals surface area (Å²) in [6.45, 7) is 1.81. The minimum absolute atomic E-state index is 0.0704. The maximum atomic E-state index is 14.6. The monoisotopic (exact) mass is 468 g/mol. The van der Waals surface area contributed by atoms with Crippen molar-refractivity contribution in [3.63, 3.8) is 0 Å². The van der Waals surface area contributed by atoms with Crippen LogP contribution in [0, 0.1) is 11.8 Å². The van der Waals surface area contributed by atoms with Crippen molar-refractivity contribution in [2.75, 3.05) is 13.2 Å². The Hall–Kier alpha value is -3.07. The third-order valence-electron chi connectivity index (χ3n) is 7.40. The molecule has 5 rings (SSSR count). The first kappa shape index (κ1) is 22.7. The number of nitrogens with one attached hydrogen (secondary N) is 1. The number of carbonyl (C=O) groups excluding carboxylic acids is 3. The first-order valence-electron chi connectivity index (χ1n) is 11.9. The van der Waals surface area contributed by atoms with Gasteiger partial charge in [-0.1, -0.05) is 25.8 Å². The van der Waals surface area contributed by atoms with E-state index in [-0.39, 0.29) is 30.8 Å². The maximum absolute atomic E-state index is 14.6. The van der Waals surface area contributed by atoms with Crippen LogP contribution in [0.4, 0.5) is 4.39 Å². The summed E-state index contributed by atoms with van der Waals surface area (Å²) in [5.74, 6) is -0.563. The minimum atomic E-state index is -1.41. The van der Waals surface area contributed by atoms with E-state index < -0.39 is 30.3 Å². The Labute approximate surface area is 197 Å². The number of ketones is 1. The molecule has 1 aromatic heterocycles. The molecule has 9 heteroatoms. The van der Waals surface area contributed by atoms with Crippen molar-refractivity contribution in [2.24, 2.45) is 11.8 Å². The lowest BCUT2D eigenvalue weighted by Crippen LogP contribution is -2.55. The van der Waals surface area contributed by atoms with Crippen molar-refractivity contribution in [1.82, 2.24) is 19.8 Å². The van der Waals surface area contributed by atoms with Crippen LogP contribution in [-0.2, 0) is 14.3 Å². The number of halogens is 1. The number of ether oxygens (including phenoxy) is 1. The number of amides is 2. The summed E-state index contributed by atoms with van der Waals surface area (Å²) >= 11 is 0. The Balaban J connectivity index is 1.39. The summed E-state index contributed by atoms with van der Waals surface area (Å²) in [6.07, 6.45) is 6.26. The predicted molar refractivity (Wildman–Crippen MR) is 121 cm³/mol. The molecular weight excluding hydrogens is 439 g/mol. The van der Waals surface area contributed by atoms with E-state index in [4.69, 9.17) is 4.74 Å². The Morgan fingerprint density at radius 2 is 2.03 bits per heavy atom. The summed E-state index contributed by atoms with van der Waals surface area (Å²) < 4.78 is 21.7. The lowest BCUT2D eigenvalue weighted by atomic mass is 9.78. The van der Waals surface area contributed by atoms with Gasteiger partial charge in [0.25, 0.3) is 5.91 Å². The molecule has 0 radical (unpaired) electrons. The van der Waals surface area contributed by atoms with Crippen LogP contribution in [-0.4, -0.2) is 69.6 Å². The zero-order valence-corrected chi connectivity index (χ0v) is 19.1. The molecule has 3 aliphatic rings. The van der Waals surface area contributed by atoms with Gasteiger partial charge in [0.15, 0.2) is 5.78 Å². The van der Waals surface area contributed by atoms with E-state index in [9.17, 15) is 18.8 Å². The molecule has 3 heterocycles. The molecule has 180 valence electrons. The number of hydrogen-bond donors (Lipinski definition) is 1. The zero-order valence-electron chi connectivity index (χ0n) is 19.1. The largest absolute Gasteiger partial charge is 0.365 e. The number of imidazole rings is 1. The smallest absolute Gasteiger partial charge is 0.252 e. The van der Waals surface area contributed by atoms with Gasteiger partial charge in [0.1, 0.15) is 31.0 Å². The van der Waals surface area contributed by atoms with Crippen molar-refractivity contribution in [2.45, 2.75) is 57.0 Å². The second-order valence-corrected chi connectivity index (χ2v) is 9.68. The van der Waals surface area contributed by atoms with E-state index in [1.165, 1.54) is 4.90 Å². The molecule has 3 fully saturated rings. The Morgan fingerprint density at radius 1 is 1.24 bits per heavy atom. The average molecular weight is 469 g/mol. The van der Waals surface area contributed by atoms with Crippen LogP contribution in [0.1, 0.15) is 43.0 Å². The fraction of sp³-hybridized carbons (Fsp3) is 0.520. The molecule has 0 spiro atoms. The zero-order chi connectivity index (χ0) is 23.8. The molecule has 34 heavy (non-hydrogen) atoms. The van der Waals surface area contributed by atoms with Crippen LogP contribution in [0.2, 0.25) is 0 Å². The highest BCUT2D eigenvalue weighted by molar-refractivity contribution is 5.99. The van der Waals surface area contributed by atoms with Crippen molar-refractivity contribution >= 4 is 17.6 Å². The van der Waals surface area contributed by atoms with Crippen molar-refractivity contribution in [1.29, 1.82) is 0 Å². The molecule has 2 amide bonds. The fourth-order valence-corrected chi connectivity index (χ4v) is 5.45. The molecular formula is C25H29FN4O4. The topological polar surface area (TPSA) is 93.5 Å². The van der Waals surface area contributed by atoms with Gasteiger partial charge in [-0.25, -0.2) is 9.37 Å². The Bertz CT molecular complexity index is 1070. The number of Topliss-reactive ketones (excluding diaryl/α,β-unsaturated/α-hetero) is 1. The number of carbonyl (C=O) groups is 3. The van der Waals surface area contributed by atoms with Gasteiger partial charge in [-0.3, -0.25) is 14.4 Å². The first-order chi connectivity index (χ1) is 16.4. The highest BCUT2D eigenvalue weighted by atomic mass is 19.1. The maximum Gasteiger partial charge on any atom is 0.252 e. The number of likely N-dealkylation sites (tertiary alicyclic amines) is 1. The highest BCUT2D eigenvalue weighted by Gasteiger charge is 2.54.